The van der Waals surface area contributed by atoms with Gasteiger partial charge in [0.15, 0.2) is 11.5 Å². The molecule has 5 rings (SSSR count). The summed E-state index contributed by atoms with van der Waals surface area (Å²) in [5.41, 5.74) is 1.94. The summed E-state index contributed by atoms with van der Waals surface area (Å²) < 4.78 is 10.8. The fourth-order valence-corrected chi connectivity index (χ4v) is 4.86. The van der Waals surface area contributed by atoms with Gasteiger partial charge < -0.3 is 14.4 Å². The molecule has 0 bridgehead atoms. The van der Waals surface area contributed by atoms with E-state index in [0.717, 1.165) is 36.4 Å². The summed E-state index contributed by atoms with van der Waals surface area (Å²) in [5.74, 6) is 1.56. The van der Waals surface area contributed by atoms with Gasteiger partial charge in [-0.05, 0) is 47.9 Å². The Bertz CT molecular complexity index is 990. The van der Waals surface area contributed by atoms with E-state index in [4.69, 9.17) is 9.47 Å². The van der Waals surface area contributed by atoms with Crippen molar-refractivity contribution in [2.75, 3.05) is 19.9 Å². The van der Waals surface area contributed by atoms with E-state index in [1.54, 1.807) is 0 Å². The lowest BCUT2D eigenvalue weighted by Gasteiger charge is -2.32. The lowest BCUT2D eigenvalue weighted by Crippen LogP contribution is -2.38. The number of thiophene rings is 1. The van der Waals surface area contributed by atoms with Crippen LogP contribution in [0.15, 0.2) is 41.4 Å². The predicted molar refractivity (Wildman–Crippen MR) is 109 cm³/mol. The number of likely N-dealkylation sites (tertiary alicyclic amines) is 1. The van der Waals surface area contributed by atoms with Gasteiger partial charge in [-0.1, -0.05) is 19.1 Å². The number of ether oxygens (including phenoxy) is 2. The van der Waals surface area contributed by atoms with Crippen molar-refractivity contribution in [2.45, 2.75) is 26.3 Å². The van der Waals surface area contributed by atoms with Gasteiger partial charge in [-0.15, -0.1) is 11.3 Å². The molecule has 1 saturated heterocycles. The van der Waals surface area contributed by atoms with Crippen LogP contribution >= 0.6 is 11.3 Å². The van der Waals surface area contributed by atoms with Gasteiger partial charge in [0.05, 0.1) is 12.1 Å². The van der Waals surface area contributed by atoms with Gasteiger partial charge in [0.2, 0.25) is 6.79 Å². The van der Waals surface area contributed by atoms with E-state index in [0.29, 0.717) is 28.7 Å². The van der Waals surface area contributed by atoms with E-state index < -0.39 is 0 Å². The van der Waals surface area contributed by atoms with Crippen LogP contribution in [-0.4, -0.2) is 41.5 Å². The zero-order chi connectivity index (χ0) is 20.0. The molecular weight excluding hydrogens is 388 g/mol. The fraction of sp³-hybridized carbons (Fsp3) is 0.364. The summed E-state index contributed by atoms with van der Waals surface area (Å²) in [6.45, 7) is 4.27. The first-order valence-corrected chi connectivity index (χ1v) is 10.8. The van der Waals surface area contributed by atoms with Gasteiger partial charge in [0.1, 0.15) is 5.70 Å². The third-order valence-corrected chi connectivity index (χ3v) is 6.68. The van der Waals surface area contributed by atoms with Crippen molar-refractivity contribution in [1.29, 1.82) is 0 Å². The van der Waals surface area contributed by atoms with Gasteiger partial charge in [0, 0.05) is 18.0 Å². The Morgan fingerprint density at radius 1 is 1.07 bits per heavy atom. The lowest BCUT2D eigenvalue weighted by molar-refractivity contribution is -0.138. The Labute approximate surface area is 173 Å². The first-order valence-electron chi connectivity index (χ1n) is 9.89. The van der Waals surface area contributed by atoms with E-state index in [9.17, 15) is 9.59 Å². The predicted octanol–water partition coefficient (Wildman–Crippen LogP) is 3.49. The number of hydrogen-bond donors (Lipinski definition) is 0. The van der Waals surface area contributed by atoms with Gasteiger partial charge >= 0.3 is 0 Å². The highest BCUT2D eigenvalue weighted by Gasteiger charge is 2.42. The fourth-order valence-electron chi connectivity index (χ4n) is 4.10. The highest BCUT2D eigenvalue weighted by molar-refractivity contribution is 7.11. The quantitative estimate of drug-likeness (QED) is 0.722. The molecule has 0 N–H and O–H groups in total. The summed E-state index contributed by atoms with van der Waals surface area (Å²) in [6.07, 6.45) is 2.07. The molecule has 1 aromatic heterocycles. The third kappa shape index (κ3) is 3.19. The molecule has 1 fully saturated rings. The summed E-state index contributed by atoms with van der Waals surface area (Å²) in [4.78, 5) is 31.1. The van der Waals surface area contributed by atoms with Crippen LogP contribution in [0.3, 0.4) is 0 Å². The third-order valence-electron chi connectivity index (χ3n) is 5.79. The second-order valence-corrected chi connectivity index (χ2v) is 8.70. The van der Waals surface area contributed by atoms with E-state index in [1.165, 1.54) is 16.2 Å². The molecule has 0 radical (unpaired) electrons. The van der Waals surface area contributed by atoms with Crippen molar-refractivity contribution in [3.05, 3.63) is 51.8 Å². The molecule has 150 valence electrons. The highest BCUT2D eigenvalue weighted by Crippen LogP contribution is 2.37. The molecule has 0 aliphatic carbocycles. The largest absolute Gasteiger partial charge is 0.454 e. The first-order chi connectivity index (χ1) is 14.1. The van der Waals surface area contributed by atoms with Crippen molar-refractivity contribution >= 4 is 28.7 Å². The van der Waals surface area contributed by atoms with Crippen LogP contribution in [0.25, 0.3) is 5.57 Å². The number of piperidine rings is 1. The lowest BCUT2D eigenvalue weighted by atomic mass is 9.98. The number of carbonyl (C=O) groups excluding carboxylic acids is 2. The van der Waals surface area contributed by atoms with Gasteiger partial charge in [0.25, 0.3) is 11.8 Å². The van der Waals surface area contributed by atoms with E-state index in [1.807, 2.05) is 35.7 Å². The molecular formula is C22H22N2O4S. The minimum Gasteiger partial charge on any atom is -0.454 e. The molecule has 0 unspecified atom stereocenters. The van der Waals surface area contributed by atoms with Crippen molar-refractivity contribution < 1.29 is 19.1 Å². The second kappa shape index (κ2) is 7.22. The average Bonchev–Trinajstić information content (AvgIpc) is 3.45. The minimum atomic E-state index is -0.219. The molecule has 0 atom stereocenters. The Morgan fingerprint density at radius 2 is 1.86 bits per heavy atom. The Balaban J connectivity index is 1.47. The smallest absolute Gasteiger partial charge is 0.278 e. The molecule has 3 aliphatic rings. The van der Waals surface area contributed by atoms with E-state index >= 15 is 0 Å². The normalized spacial score (nSPS) is 19.6. The summed E-state index contributed by atoms with van der Waals surface area (Å²) in [6, 6.07) is 9.37. The van der Waals surface area contributed by atoms with Crippen LogP contribution in [-0.2, 0) is 16.1 Å². The van der Waals surface area contributed by atoms with Gasteiger partial charge in [-0.25, -0.2) is 0 Å². The van der Waals surface area contributed by atoms with Crippen LogP contribution in [0, 0.1) is 5.92 Å². The molecule has 6 nitrogen and oxygen atoms in total. The zero-order valence-electron chi connectivity index (χ0n) is 16.2. The maximum atomic E-state index is 13.4. The molecule has 7 heteroatoms. The zero-order valence-corrected chi connectivity index (χ0v) is 17.0. The Kier molecular flexibility index (Phi) is 4.54. The average molecular weight is 410 g/mol. The summed E-state index contributed by atoms with van der Waals surface area (Å²) in [7, 11) is 0. The summed E-state index contributed by atoms with van der Waals surface area (Å²) in [5, 5.41) is 1.94. The van der Waals surface area contributed by atoms with Crippen LogP contribution in [0.1, 0.15) is 30.2 Å². The minimum absolute atomic E-state index is 0.196. The highest BCUT2D eigenvalue weighted by atomic mass is 32.1. The van der Waals surface area contributed by atoms with Gasteiger partial charge in [-0.3, -0.25) is 14.5 Å². The molecule has 3 aliphatic heterocycles. The number of carbonyl (C=O) groups is 2. The van der Waals surface area contributed by atoms with Crippen molar-refractivity contribution in [3.63, 3.8) is 0 Å². The number of amides is 2. The maximum absolute atomic E-state index is 13.4. The first kappa shape index (κ1) is 18.2. The molecule has 29 heavy (non-hydrogen) atoms. The van der Waals surface area contributed by atoms with Crippen LogP contribution < -0.4 is 9.47 Å². The summed E-state index contributed by atoms with van der Waals surface area (Å²) >= 11 is 1.50. The number of fused-ring (bicyclic) bond motifs is 1. The number of imide groups is 1. The van der Waals surface area contributed by atoms with E-state index in [-0.39, 0.29) is 25.2 Å². The molecule has 2 aromatic rings. The SMILES string of the molecule is CC1CCN(C2=C(c3cccs3)C(=O)N(Cc3ccc4c(c3)OCO4)C2=O)CC1. The Morgan fingerprint density at radius 3 is 2.62 bits per heavy atom. The van der Waals surface area contributed by atoms with Crippen molar-refractivity contribution in [3.8, 4) is 11.5 Å². The Hall–Kier alpha value is -2.80. The monoisotopic (exact) mass is 410 g/mol. The number of hydrogen-bond acceptors (Lipinski definition) is 6. The van der Waals surface area contributed by atoms with E-state index in [2.05, 4.69) is 11.8 Å². The molecule has 4 heterocycles. The molecule has 1 aromatic carbocycles. The maximum Gasteiger partial charge on any atom is 0.278 e. The molecule has 2 amide bonds. The van der Waals surface area contributed by atoms with Crippen molar-refractivity contribution in [1.82, 2.24) is 9.80 Å². The molecule has 0 saturated carbocycles. The second-order valence-electron chi connectivity index (χ2n) is 7.75. The number of rotatable bonds is 4. The van der Waals surface area contributed by atoms with Crippen LogP contribution in [0.2, 0.25) is 0 Å². The van der Waals surface area contributed by atoms with Gasteiger partial charge in [-0.2, -0.15) is 0 Å². The van der Waals surface area contributed by atoms with Crippen LogP contribution in [0.4, 0.5) is 0 Å². The number of nitrogens with zero attached hydrogens (tertiary/aromatic N) is 2. The van der Waals surface area contributed by atoms with Crippen LogP contribution in [0.5, 0.6) is 11.5 Å². The topological polar surface area (TPSA) is 59.1 Å². The molecule has 0 spiro atoms. The standard InChI is InChI=1S/C22H22N2O4S/c1-14-6-8-23(9-7-14)20-19(18-3-2-10-29-18)21(25)24(22(20)26)12-15-4-5-16-17(11-15)28-13-27-16/h2-5,10-11,14H,6-9,12-13H2,1H3. The van der Waals surface area contributed by atoms with Crippen molar-refractivity contribution in [2.24, 2.45) is 5.92 Å². The number of benzene rings is 1.